The van der Waals surface area contributed by atoms with Crippen molar-refractivity contribution < 1.29 is 44.6 Å². The van der Waals surface area contributed by atoms with E-state index in [0.717, 1.165) is 9.13 Å². The van der Waals surface area contributed by atoms with E-state index in [9.17, 15) is 40.0 Å². The molecule has 0 radical (unpaired) electrons. The molecule has 0 bridgehead atoms. The predicted octanol–water partition coefficient (Wildman–Crippen LogP) is 5.10. The number of hydrogen-bond donors (Lipinski definition) is 1. The van der Waals surface area contributed by atoms with Gasteiger partial charge >= 0.3 is 5.97 Å². The van der Waals surface area contributed by atoms with Gasteiger partial charge in [-0.2, -0.15) is 0 Å². The van der Waals surface area contributed by atoms with Gasteiger partial charge in [0.2, 0.25) is 0 Å². The number of halogens is 2. The van der Waals surface area contributed by atoms with Gasteiger partial charge in [0.25, 0.3) is 11.1 Å². The van der Waals surface area contributed by atoms with Crippen molar-refractivity contribution in [2.45, 2.75) is 60.8 Å². The molecule has 2 N–H and O–H groups in total. The molecule has 2 aromatic heterocycles. The third-order valence-corrected chi connectivity index (χ3v) is 10.5. The van der Waals surface area contributed by atoms with Gasteiger partial charge in [-0.05, 0) is 93.4 Å². The summed E-state index contributed by atoms with van der Waals surface area (Å²) in [5.41, 5.74) is 4.46. The molecule has 0 fully saturated rings. The maximum Gasteiger partial charge on any atom is 0.306 e. The van der Waals surface area contributed by atoms with Gasteiger partial charge < -0.3 is 29.1 Å². The largest absolute Gasteiger partial charge is 0.489 e. The van der Waals surface area contributed by atoms with Gasteiger partial charge in [-0.15, -0.1) is 0 Å². The SMILES string of the molecule is CC(C)(C)OC(=O)CC/C(=C\F)COc1ccc(S(=O)(=O)Cn2ccccc2=O)cc1.NC/C(=C\F)COc1ccc(S(=O)(=O)Cn2ccccc2=O)cc1. The smallest absolute Gasteiger partial charge is 0.306 e. The molecule has 4 aromatic rings. The minimum Gasteiger partial charge on any atom is -0.489 e. The number of hydrogen-bond acceptors (Lipinski definition) is 11. The standard InChI is InChI=1S/C22H26FNO6S.C16H17FN2O4S/c1-22(2,3)30-21(26)12-7-17(14-23)15-29-18-8-10-19(11-9-18)31(27,28)16-24-13-5-4-6-20(24)25;17-9-13(10-18)11-23-14-4-6-15(7-5-14)24(21,22)12-19-8-2-1-3-16(19)20/h4-6,8-11,13-14H,7,12,15-16H2,1-3H3;1-9H,10-12,18H2/b17-14+;13-9+. The monoisotopic (exact) mass is 803 g/mol. The zero-order chi connectivity index (χ0) is 40.6. The van der Waals surface area contributed by atoms with E-state index < -0.39 is 54.1 Å². The van der Waals surface area contributed by atoms with Gasteiger partial charge in [0.05, 0.1) is 22.5 Å². The Hall–Kier alpha value is -5.39. The van der Waals surface area contributed by atoms with Crippen molar-refractivity contribution in [3.63, 3.8) is 0 Å². The van der Waals surface area contributed by atoms with E-state index in [1.54, 1.807) is 39.0 Å². The van der Waals surface area contributed by atoms with Crippen LogP contribution in [0.1, 0.15) is 33.6 Å². The van der Waals surface area contributed by atoms with Crippen molar-refractivity contribution in [3.05, 3.63) is 142 Å². The van der Waals surface area contributed by atoms with Crippen LogP contribution in [0.2, 0.25) is 0 Å². The Morgan fingerprint density at radius 2 is 1.09 bits per heavy atom. The molecule has 296 valence electrons. The van der Waals surface area contributed by atoms with E-state index in [1.807, 2.05) is 0 Å². The Bertz CT molecular complexity index is 2280. The molecule has 2 heterocycles. The molecule has 0 unspecified atom stereocenters. The van der Waals surface area contributed by atoms with Gasteiger partial charge in [-0.25, -0.2) is 25.6 Å². The van der Waals surface area contributed by atoms with Crippen LogP contribution in [0.3, 0.4) is 0 Å². The summed E-state index contributed by atoms with van der Waals surface area (Å²) < 4.78 is 93.4. The van der Waals surface area contributed by atoms with Crippen molar-refractivity contribution in [1.82, 2.24) is 9.13 Å². The fourth-order valence-electron chi connectivity index (χ4n) is 4.44. The molecule has 55 heavy (non-hydrogen) atoms. The number of rotatable bonds is 16. The van der Waals surface area contributed by atoms with Crippen LogP contribution in [0.15, 0.2) is 141 Å². The molecular formula is C38H43F2N3O10S2. The zero-order valence-electron chi connectivity index (χ0n) is 30.5. The fourth-order valence-corrected chi connectivity index (χ4v) is 7.00. The highest BCUT2D eigenvalue weighted by molar-refractivity contribution is 7.90. The van der Waals surface area contributed by atoms with Crippen LogP contribution in [0, 0.1) is 0 Å². The number of aromatic nitrogens is 2. The van der Waals surface area contributed by atoms with Crippen molar-refractivity contribution in [3.8, 4) is 11.5 Å². The highest BCUT2D eigenvalue weighted by atomic mass is 32.2. The number of sulfone groups is 2. The predicted molar refractivity (Wildman–Crippen MR) is 202 cm³/mol. The minimum absolute atomic E-state index is 0.0154. The van der Waals surface area contributed by atoms with Gasteiger partial charge in [0.1, 0.15) is 42.1 Å². The molecule has 4 rings (SSSR count). The van der Waals surface area contributed by atoms with Crippen LogP contribution < -0.4 is 26.3 Å². The van der Waals surface area contributed by atoms with Crippen LogP contribution in [-0.2, 0) is 41.0 Å². The lowest BCUT2D eigenvalue weighted by Crippen LogP contribution is -2.23. The van der Waals surface area contributed by atoms with Crippen molar-refractivity contribution in [2.75, 3.05) is 19.8 Å². The first kappa shape index (κ1) is 44.0. The van der Waals surface area contributed by atoms with Crippen LogP contribution >= 0.6 is 0 Å². The Labute approximate surface area is 318 Å². The zero-order valence-corrected chi connectivity index (χ0v) is 32.1. The van der Waals surface area contributed by atoms with E-state index in [4.69, 9.17) is 19.9 Å². The van der Waals surface area contributed by atoms with Crippen molar-refractivity contribution >= 4 is 25.6 Å². The van der Waals surface area contributed by atoms with E-state index in [-0.39, 0.29) is 53.5 Å². The average molecular weight is 804 g/mol. The number of esters is 1. The number of carbonyl (C=O) groups excluding carboxylic acids is 1. The second-order valence-electron chi connectivity index (χ2n) is 12.9. The summed E-state index contributed by atoms with van der Waals surface area (Å²) in [6.07, 6.45) is 3.75. The molecule has 0 amide bonds. The topological polar surface area (TPSA) is 183 Å². The molecule has 0 atom stereocenters. The molecule has 0 aliphatic rings. The molecule has 0 saturated carbocycles. The molecule has 17 heteroatoms. The molecule has 0 aliphatic heterocycles. The fraction of sp³-hybridized carbons (Fsp3) is 0.289. The first-order valence-electron chi connectivity index (χ1n) is 16.7. The maximum atomic E-state index is 13.1. The van der Waals surface area contributed by atoms with Crippen LogP contribution in [0.4, 0.5) is 8.78 Å². The number of ether oxygens (including phenoxy) is 3. The minimum atomic E-state index is -3.74. The van der Waals surface area contributed by atoms with E-state index in [1.165, 1.54) is 79.1 Å². The average Bonchev–Trinajstić information content (AvgIpc) is 3.14. The summed E-state index contributed by atoms with van der Waals surface area (Å²) >= 11 is 0. The highest BCUT2D eigenvalue weighted by Gasteiger charge is 2.19. The van der Waals surface area contributed by atoms with Gasteiger partial charge in [-0.1, -0.05) is 12.1 Å². The second-order valence-corrected chi connectivity index (χ2v) is 16.8. The summed E-state index contributed by atoms with van der Waals surface area (Å²) in [5, 5.41) is 0. The second kappa shape index (κ2) is 20.3. The number of nitrogens with zero attached hydrogens (tertiary/aromatic N) is 2. The molecule has 13 nitrogen and oxygen atoms in total. The molecule has 0 aliphatic carbocycles. The van der Waals surface area contributed by atoms with E-state index in [2.05, 4.69) is 0 Å². The highest BCUT2D eigenvalue weighted by Crippen LogP contribution is 2.21. The van der Waals surface area contributed by atoms with Crippen LogP contribution in [0.25, 0.3) is 0 Å². The summed E-state index contributed by atoms with van der Waals surface area (Å²) in [4.78, 5) is 35.2. The number of pyridine rings is 2. The number of benzene rings is 2. The first-order chi connectivity index (χ1) is 26.0. The molecule has 0 saturated heterocycles. The third-order valence-electron chi connectivity index (χ3n) is 7.27. The summed E-state index contributed by atoms with van der Waals surface area (Å²) in [6.45, 7) is 5.18. The van der Waals surface area contributed by atoms with E-state index in [0.29, 0.717) is 24.2 Å². The summed E-state index contributed by atoms with van der Waals surface area (Å²) in [7, 11) is -7.41. The molecule has 2 aromatic carbocycles. The number of carbonyl (C=O) groups is 1. The van der Waals surface area contributed by atoms with Crippen LogP contribution in [-0.4, -0.2) is 57.3 Å². The van der Waals surface area contributed by atoms with E-state index >= 15 is 0 Å². The summed E-state index contributed by atoms with van der Waals surface area (Å²) in [6, 6.07) is 20.1. The Balaban J connectivity index is 0.000000305. The van der Waals surface area contributed by atoms with Gasteiger partial charge in [-0.3, -0.25) is 14.4 Å². The normalized spacial score (nSPS) is 12.3. The molecular weight excluding hydrogens is 761 g/mol. The Morgan fingerprint density at radius 3 is 1.45 bits per heavy atom. The van der Waals surface area contributed by atoms with Gasteiger partial charge in [0.15, 0.2) is 19.7 Å². The lowest BCUT2D eigenvalue weighted by molar-refractivity contribution is -0.154. The van der Waals surface area contributed by atoms with Crippen molar-refractivity contribution in [1.29, 1.82) is 0 Å². The Kier molecular flexibility index (Phi) is 16.3. The summed E-state index contributed by atoms with van der Waals surface area (Å²) in [5.74, 6) is -0.633. The molecule has 0 spiro atoms. The maximum absolute atomic E-state index is 13.1. The lowest BCUT2D eigenvalue weighted by Gasteiger charge is -2.19. The lowest BCUT2D eigenvalue weighted by atomic mass is 10.1. The third kappa shape index (κ3) is 14.8. The van der Waals surface area contributed by atoms with Crippen LogP contribution in [0.5, 0.6) is 11.5 Å². The first-order valence-corrected chi connectivity index (χ1v) is 20.0. The van der Waals surface area contributed by atoms with Gasteiger partial charge in [0, 0.05) is 43.1 Å². The van der Waals surface area contributed by atoms with Crippen molar-refractivity contribution in [2.24, 2.45) is 5.73 Å². The number of nitrogens with two attached hydrogens (primary N) is 1. The quantitative estimate of drug-likeness (QED) is 0.149. The Morgan fingerprint density at radius 1 is 0.673 bits per heavy atom.